The van der Waals surface area contributed by atoms with E-state index in [1.165, 1.54) is 37.7 Å². The molecular formula is C18H28N2O. The molecule has 21 heavy (non-hydrogen) atoms. The van der Waals surface area contributed by atoms with E-state index in [-0.39, 0.29) is 6.03 Å². The summed E-state index contributed by atoms with van der Waals surface area (Å²) in [7, 11) is 0. The van der Waals surface area contributed by atoms with Crippen molar-refractivity contribution in [2.75, 3.05) is 13.1 Å². The highest BCUT2D eigenvalue weighted by Gasteiger charge is 2.13. The van der Waals surface area contributed by atoms with Crippen molar-refractivity contribution < 1.29 is 4.79 Å². The molecule has 2 rings (SSSR count). The van der Waals surface area contributed by atoms with Gasteiger partial charge in [0, 0.05) is 13.1 Å². The predicted octanol–water partition coefficient (Wildman–Crippen LogP) is 3.89. The van der Waals surface area contributed by atoms with Crippen molar-refractivity contribution in [1.82, 2.24) is 10.6 Å². The lowest BCUT2D eigenvalue weighted by molar-refractivity contribution is 0.236. The van der Waals surface area contributed by atoms with Gasteiger partial charge in [0.2, 0.25) is 0 Å². The summed E-state index contributed by atoms with van der Waals surface area (Å²) >= 11 is 0. The zero-order valence-corrected chi connectivity index (χ0v) is 12.9. The summed E-state index contributed by atoms with van der Waals surface area (Å²) in [6, 6.07) is 10.5. The number of benzene rings is 1. The van der Waals surface area contributed by atoms with Gasteiger partial charge in [-0.2, -0.15) is 0 Å². The van der Waals surface area contributed by atoms with Gasteiger partial charge in [-0.05, 0) is 43.6 Å². The molecule has 0 atom stereocenters. The Morgan fingerprint density at radius 2 is 1.76 bits per heavy atom. The number of carbonyl (C=O) groups excluding carboxylic acids is 1. The first kappa shape index (κ1) is 15.9. The molecule has 1 aromatic rings. The molecule has 1 saturated carbocycles. The highest BCUT2D eigenvalue weighted by Crippen LogP contribution is 2.22. The van der Waals surface area contributed by atoms with Crippen LogP contribution in [0.1, 0.15) is 50.5 Å². The summed E-state index contributed by atoms with van der Waals surface area (Å²) < 4.78 is 0. The fourth-order valence-corrected chi connectivity index (χ4v) is 2.99. The van der Waals surface area contributed by atoms with Crippen molar-refractivity contribution in [3.63, 3.8) is 0 Å². The fraction of sp³-hybridized carbons (Fsp3) is 0.611. The molecule has 0 spiro atoms. The number of unbranched alkanes of at least 4 members (excludes halogenated alkanes) is 1. The molecular weight excluding hydrogens is 260 g/mol. The van der Waals surface area contributed by atoms with Crippen LogP contribution in [0.4, 0.5) is 4.79 Å². The first-order valence-electron chi connectivity index (χ1n) is 8.40. The Labute approximate surface area is 128 Å². The van der Waals surface area contributed by atoms with Gasteiger partial charge in [0.15, 0.2) is 0 Å². The Balaban J connectivity index is 1.47. The van der Waals surface area contributed by atoms with Gasteiger partial charge in [-0.3, -0.25) is 0 Å². The third kappa shape index (κ3) is 6.65. The number of rotatable bonds is 7. The second kappa shape index (κ2) is 9.43. The molecule has 0 bridgehead atoms. The van der Waals surface area contributed by atoms with Crippen LogP contribution < -0.4 is 10.6 Å². The minimum Gasteiger partial charge on any atom is -0.338 e. The number of nitrogens with one attached hydrogen (secondary N) is 2. The number of carbonyl (C=O) groups is 1. The third-order valence-corrected chi connectivity index (χ3v) is 4.30. The van der Waals surface area contributed by atoms with Gasteiger partial charge in [0.25, 0.3) is 0 Å². The van der Waals surface area contributed by atoms with Crippen molar-refractivity contribution >= 4 is 6.03 Å². The lowest BCUT2D eigenvalue weighted by Crippen LogP contribution is -2.39. The Morgan fingerprint density at radius 1 is 1.00 bits per heavy atom. The molecule has 1 aliphatic rings. The van der Waals surface area contributed by atoms with E-state index in [4.69, 9.17) is 0 Å². The van der Waals surface area contributed by atoms with Gasteiger partial charge in [-0.25, -0.2) is 4.79 Å². The van der Waals surface area contributed by atoms with Crippen molar-refractivity contribution in [1.29, 1.82) is 0 Å². The highest BCUT2D eigenvalue weighted by molar-refractivity contribution is 5.73. The summed E-state index contributed by atoms with van der Waals surface area (Å²) in [4.78, 5) is 11.7. The maximum atomic E-state index is 11.7. The average molecular weight is 288 g/mol. The summed E-state index contributed by atoms with van der Waals surface area (Å²) in [6.45, 7) is 1.61. The Kier molecular flexibility index (Phi) is 7.13. The van der Waals surface area contributed by atoms with E-state index in [9.17, 15) is 4.79 Å². The summed E-state index contributed by atoms with van der Waals surface area (Å²) in [5, 5.41) is 5.97. The normalized spacial score (nSPS) is 15.6. The molecule has 1 fully saturated rings. The number of amides is 2. The van der Waals surface area contributed by atoms with Gasteiger partial charge >= 0.3 is 6.03 Å². The first-order valence-corrected chi connectivity index (χ1v) is 8.40. The van der Waals surface area contributed by atoms with Crippen LogP contribution in [0.2, 0.25) is 0 Å². The van der Waals surface area contributed by atoms with Crippen LogP contribution in [0.15, 0.2) is 30.3 Å². The van der Waals surface area contributed by atoms with Crippen LogP contribution in [0.25, 0.3) is 0 Å². The zero-order valence-electron chi connectivity index (χ0n) is 12.9. The quantitative estimate of drug-likeness (QED) is 0.734. The standard InChI is InChI=1S/C18H28N2O/c21-18(20-15-17-12-5-2-6-13-17)19-14-8-7-11-16-9-3-1-4-10-16/h1,3-4,9-10,17H,2,5-8,11-15H2,(H2,19,20,21). The maximum Gasteiger partial charge on any atom is 0.314 e. The Morgan fingerprint density at radius 3 is 2.52 bits per heavy atom. The fourth-order valence-electron chi connectivity index (χ4n) is 2.99. The molecule has 0 unspecified atom stereocenters. The van der Waals surface area contributed by atoms with Crippen LogP contribution in [-0.4, -0.2) is 19.1 Å². The smallest absolute Gasteiger partial charge is 0.314 e. The molecule has 2 N–H and O–H groups in total. The third-order valence-electron chi connectivity index (χ3n) is 4.30. The topological polar surface area (TPSA) is 41.1 Å². The van der Waals surface area contributed by atoms with E-state index < -0.39 is 0 Å². The average Bonchev–Trinajstić information content (AvgIpc) is 2.54. The van der Waals surface area contributed by atoms with Crippen molar-refractivity contribution in [2.24, 2.45) is 5.92 Å². The first-order chi connectivity index (χ1) is 10.3. The summed E-state index contributed by atoms with van der Waals surface area (Å²) in [5.41, 5.74) is 1.37. The van der Waals surface area contributed by atoms with E-state index in [0.717, 1.165) is 32.4 Å². The van der Waals surface area contributed by atoms with Gasteiger partial charge in [0.05, 0.1) is 0 Å². The second-order valence-electron chi connectivity index (χ2n) is 6.08. The lowest BCUT2D eigenvalue weighted by Gasteiger charge is -2.21. The van der Waals surface area contributed by atoms with Gasteiger partial charge in [-0.15, -0.1) is 0 Å². The highest BCUT2D eigenvalue weighted by atomic mass is 16.2. The molecule has 0 radical (unpaired) electrons. The van der Waals surface area contributed by atoms with E-state index >= 15 is 0 Å². The van der Waals surface area contributed by atoms with E-state index in [1.807, 2.05) is 6.07 Å². The predicted molar refractivity (Wildman–Crippen MR) is 87.4 cm³/mol. The Bertz CT molecular complexity index is 399. The zero-order chi connectivity index (χ0) is 14.8. The van der Waals surface area contributed by atoms with Crippen molar-refractivity contribution in [2.45, 2.75) is 51.4 Å². The van der Waals surface area contributed by atoms with Gasteiger partial charge < -0.3 is 10.6 Å². The minimum absolute atomic E-state index is 0.000264. The number of hydrogen-bond acceptors (Lipinski definition) is 1. The molecule has 0 aromatic heterocycles. The molecule has 2 amide bonds. The monoisotopic (exact) mass is 288 g/mol. The molecule has 0 saturated heterocycles. The van der Waals surface area contributed by atoms with Crippen molar-refractivity contribution in [3.05, 3.63) is 35.9 Å². The molecule has 1 aromatic carbocycles. The molecule has 3 heteroatoms. The Hall–Kier alpha value is -1.51. The van der Waals surface area contributed by atoms with Gasteiger partial charge in [0.1, 0.15) is 0 Å². The van der Waals surface area contributed by atoms with Crippen LogP contribution in [0.3, 0.4) is 0 Å². The number of aryl methyl sites for hydroxylation is 1. The summed E-state index contributed by atoms with van der Waals surface area (Å²) in [6.07, 6.45) is 9.81. The molecule has 3 nitrogen and oxygen atoms in total. The molecule has 0 heterocycles. The van der Waals surface area contributed by atoms with Crippen LogP contribution in [0, 0.1) is 5.92 Å². The largest absolute Gasteiger partial charge is 0.338 e. The molecule has 1 aliphatic carbocycles. The molecule has 0 aliphatic heterocycles. The van der Waals surface area contributed by atoms with E-state index in [0.29, 0.717) is 5.92 Å². The minimum atomic E-state index is 0.000264. The lowest BCUT2D eigenvalue weighted by atomic mass is 9.89. The number of urea groups is 1. The van der Waals surface area contributed by atoms with E-state index in [2.05, 4.69) is 34.9 Å². The molecule has 116 valence electrons. The number of hydrogen-bond donors (Lipinski definition) is 2. The van der Waals surface area contributed by atoms with Crippen LogP contribution in [0.5, 0.6) is 0 Å². The van der Waals surface area contributed by atoms with Gasteiger partial charge in [-0.1, -0.05) is 49.6 Å². The SMILES string of the molecule is O=C(NCCCCc1ccccc1)NCC1CCCCC1. The van der Waals surface area contributed by atoms with E-state index in [1.54, 1.807) is 0 Å². The summed E-state index contributed by atoms with van der Waals surface area (Å²) in [5.74, 6) is 0.697. The maximum absolute atomic E-state index is 11.7. The van der Waals surface area contributed by atoms with Crippen molar-refractivity contribution in [3.8, 4) is 0 Å². The van der Waals surface area contributed by atoms with Crippen LogP contribution in [-0.2, 0) is 6.42 Å². The van der Waals surface area contributed by atoms with Crippen LogP contribution >= 0.6 is 0 Å². The second-order valence-corrected chi connectivity index (χ2v) is 6.08.